The van der Waals surface area contributed by atoms with Crippen molar-refractivity contribution in [1.82, 2.24) is 9.97 Å². The number of nitrogens with zero attached hydrogens (tertiary/aromatic N) is 2. The van der Waals surface area contributed by atoms with E-state index < -0.39 is 0 Å². The van der Waals surface area contributed by atoms with E-state index in [-0.39, 0.29) is 5.41 Å². The average Bonchev–Trinajstić information content (AvgIpc) is 2.35. The van der Waals surface area contributed by atoms with Gasteiger partial charge in [0.1, 0.15) is 0 Å². The fourth-order valence-corrected chi connectivity index (χ4v) is 1.16. The summed E-state index contributed by atoms with van der Waals surface area (Å²) in [7, 11) is 0. The second kappa shape index (κ2) is 6.42. The Morgan fingerprint density at radius 2 is 2.12 bits per heavy atom. The van der Waals surface area contributed by atoms with E-state index in [4.69, 9.17) is 4.74 Å². The number of hydrogen-bond acceptors (Lipinski definition) is 4. The summed E-state index contributed by atoms with van der Waals surface area (Å²) in [6.45, 7) is 10.2. The zero-order valence-electron chi connectivity index (χ0n) is 11.3. The Labute approximate surface area is 104 Å². The van der Waals surface area contributed by atoms with Gasteiger partial charge >= 0.3 is 0 Å². The molecule has 1 heterocycles. The summed E-state index contributed by atoms with van der Waals surface area (Å²) in [5.74, 6) is 1.28. The molecule has 0 radical (unpaired) electrons. The van der Waals surface area contributed by atoms with Gasteiger partial charge in [0.05, 0.1) is 6.61 Å². The van der Waals surface area contributed by atoms with Gasteiger partial charge in [0.15, 0.2) is 0 Å². The van der Waals surface area contributed by atoms with Gasteiger partial charge in [-0.1, -0.05) is 27.7 Å². The Bertz CT molecular complexity index is 339. The normalized spacial score (nSPS) is 11.3. The number of hydrogen-bond donors (Lipinski definition) is 1. The zero-order chi connectivity index (χ0) is 12.7. The predicted molar refractivity (Wildman–Crippen MR) is 70.4 cm³/mol. The molecule has 0 saturated heterocycles. The van der Waals surface area contributed by atoms with Crippen LogP contribution in [0, 0.1) is 5.41 Å². The molecule has 4 heteroatoms. The summed E-state index contributed by atoms with van der Waals surface area (Å²) in [4.78, 5) is 8.49. The highest BCUT2D eigenvalue weighted by Crippen LogP contribution is 2.19. The fraction of sp³-hybridized carbons (Fsp3) is 0.692. The molecule has 0 spiro atoms. The number of aromatic nitrogens is 2. The van der Waals surface area contributed by atoms with Gasteiger partial charge in [-0.3, -0.25) is 0 Å². The van der Waals surface area contributed by atoms with Crippen molar-refractivity contribution >= 4 is 5.95 Å². The lowest BCUT2D eigenvalue weighted by molar-refractivity contribution is 0.305. The van der Waals surface area contributed by atoms with Crippen LogP contribution < -0.4 is 10.1 Å². The largest absolute Gasteiger partial charge is 0.478 e. The summed E-state index contributed by atoms with van der Waals surface area (Å²) in [5.41, 5.74) is 0.254. The number of rotatable bonds is 7. The van der Waals surface area contributed by atoms with Crippen molar-refractivity contribution in [3.63, 3.8) is 0 Å². The molecule has 0 aliphatic rings. The van der Waals surface area contributed by atoms with Crippen LogP contribution >= 0.6 is 0 Å². The standard InChI is InChI=1S/C13H23N3O/c1-5-9-17-11-7-8-14-12(16-11)15-10-13(3,4)6-2/h7-8H,5-6,9-10H2,1-4H3,(H,14,15,16). The van der Waals surface area contributed by atoms with E-state index in [1.54, 1.807) is 12.3 Å². The first-order valence-corrected chi connectivity index (χ1v) is 6.27. The maximum absolute atomic E-state index is 5.46. The molecule has 0 aliphatic heterocycles. The minimum atomic E-state index is 0.254. The summed E-state index contributed by atoms with van der Waals surface area (Å²) in [5, 5.41) is 3.25. The molecule has 0 saturated carbocycles. The number of nitrogens with one attached hydrogen (secondary N) is 1. The molecule has 17 heavy (non-hydrogen) atoms. The lowest BCUT2D eigenvalue weighted by atomic mass is 9.90. The van der Waals surface area contributed by atoms with Gasteiger partial charge in [0.2, 0.25) is 11.8 Å². The number of ether oxygens (including phenoxy) is 1. The van der Waals surface area contributed by atoms with Gasteiger partial charge in [-0.2, -0.15) is 4.98 Å². The van der Waals surface area contributed by atoms with Crippen LogP contribution in [0.1, 0.15) is 40.5 Å². The molecule has 0 unspecified atom stereocenters. The zero-order valence-corrected chi connectivity index (χ0v) is 11.3. The van der Waals surface area contributed by atoms with Crippen LogP contribution in [0.5, 0.6) is 5.88 Å². The van der Waals surface area contributed by atoms with Crippen molar-refractivity contribution in [2.45, 2.75) is 40.5 Å². The monoisotopic (exact) mass is 237 g/mol. The summed E-state index contributed by atoms with van der Waals surface area (Å²) >= 11 is 0. The molecule has 0 amide bonds. The Morgan fingerprint density at radius 1 is 1.35 bits per heavy atom. The molecule has 4 nitrogen and oxygen atoms in total. The quantitative estimate of drug-likeness (QED) is 0.791. The molecule has 0 bridgehead atoms. The SMILES string of the molecule is CCCOc1ccnc(NCC(C)(C)CC)n1. The van der Waals surface area contributed by atoms with E-state index in [1.165, 1.54) is 0 Å². The smallest absolute Gasteiger partial charge is 0.225 e. The highest BCUT2D eigenvalue weighted by Gasteiger charge is 2.15. The van der Waals surface area contributed by atoms with E-state index in [1.807, 2.05) is 0 Å². The second-order valence-electron chi connectivity index (χ2n) is 4.94. The van der Waals surface area contributed by atoms with Gasteiger partial charge in [-0.15, -0.1) is 0 Å². The third kappa shape index (κ3) is 5.02. The Kier molecular flexibility index (Phi) is 5.19. The predicted octanol–water partition coefficient (Wildman–Crippen LogP) is 3.11. The van der Waals surface area contributed by atoms with E-state index >= 15 is 0 Å². The topological polar surface area (TPSA) is 47.0 Å². The molecule has 0 fully saturated rings. The van der Waals surface area contributed by atoms with Gasteiger partial charge in [0.25, 0.3) is 0 Å². The second-order valence-corrected chi connectivity index (χ2v) is 4.94. The minimum Gasteiger partial charge on any atom is -0.478 e. The fourth-order valence-electron chi connectivity index (χ4n) is 1.16. The van der Waals surface area contributed by atoms with Crippen molar-refractivity contribution in [1.29, 1.82) is 0 Å². The maximum atomic E-state index is 5.46. The Hall–Kier alpha value is -1.32. The van der Waals surface area contributed by atoms with Crippen LogP contribution in [0.3, 0.4) is 0 Å². The average molecular weight is 237 g/mol. The van der Waals surface area contributed by atoms with Gasteiger partial charge in [-0.25, -0.2) is 4.98 Å². The number of anilines is 1. The molecule has 96 valence electrons. The lowest BCUT2D eigenvalue weighted by Crippen LogP contribution is -2.23. The van der Waals surface area contributed by atoms with Crippen LogP contribution in [0.4, 0.5) is 5.95 Å². The molecule has 1 aromatic heterocycles. The molecular weight excluding hydrogens is 214 g/mol. The van der Waals surface area contributed by atoms with Gasteiger partial charge in [-0.05, 0) is 18.3 Å². The molecule has 1 aromatic rings. The van der Waals surface area contributed by atoms with Crippen LogP contribution in [0.15, 0.2) is 12.3 Å². The molecular formula is C13H23N3O. The van der Waals surface area contributed by atoms with E-state index in [0.29, 0.717) is 18.4 Å². The van der Waals surface area contributed by atoms with Gasteiger partial charge in [0, 0.05) is 18.8 Å². The highest BCUT2D eigenvalue weighted by atomic mass is 16.5. The first-order valence-electron chi connectivity index (χ1n) is 6.27. The Balaban J connectivity index is 2.53. The Morgan fingerprint density at radius 3 is 2.76 bits per heavy atom. The van der Waals surface area contributed by atoms with E-state index in [2.05, 4.69) is 43.0 Å². The first-order chi connectivity index (χ1) is 8.07. The first kappa shape index (κ1) is 13.7. The summed E-state index contributed by atoms with van der Waals surface area (Å²) in [6.07, 6.45) is 3.82. The molecule has 0 aliphatic carbocycles. The lowest BCUT2D eigenvalue weighted by Gasteiger charge is -2.22. The van der Waals surface area contributed by atoms with E-state index in [9.17, 15) is 0 Å². The van der Waals surface area contributed by atoms with Gasteiger partial charge < -0.3 is 10.1 Å². The van der Waals surface area contributed by atoms with Crippen LogP contribution in [-0.2, 0) is 0 Å². The van der Waals surface area contributed by atoms with E-state index in [0.717, 1.165) is 19.4 Å². The van der Waals surface area contributed by atoms with Crippen molar-refractivity contribution < 1.29 is 4.74 Å². The van der Waals surface area contributed by atoms with Crippen molar-refractivity contribution in [2.75, 3.05) is 18.5 Å². The summed E-state index contributed by atoms with van der Waals surface area (Å²) < 4.78 is 5.46. The molecule has 1 rings (SSSR count). The third-order valence-corrected chi connectivity index (χ3v) is 2.77. The maximum Gasteiger partial charge on any atom is 0.225 e. The minimum absolute atomic E-state index is 0.254. The summed E-state index contributed by atoms with van der Waals surface area (Å²) in [6, 6.07) is 1.78. The van der Waals surface area contributed by atoms with Crippen molar-refractivity contribution in [3.05, 3.63) is 12.3 Å². The third-order valence-electron chi connectivity index (χ3n) is 2.77. The highest BCUT2D eigenvalue weighted by molar-refractivity contribution is 5.27. The molecule has 1 N–H and O–H groups in total. The van der Waals surface area contributed by atoms with Crippen LogP contribution in [-0.4, -0.2) is 23.1 Å². The van der Waals surface area contributed by atoms with Crippen LogP contribution in [0.2, 0.25) is 0 Å². The molecule has 0 atom stereocenters. The van der Waals surface area contributed by atoms with Crippen molar-refractivity contribution in [2.24, 2.45) is 5.41 Å². The molecule has 0 aromatic carbocycles. The van der Waals surface area contributed by atoms with Crippen molar-refractivity contribution in [3.8, 4) is 5.88 Å². The van der Waals surface area contributed by atoms with Crippen LogP contribution in [0.25, 0.3) is 0 Å².